The number of hydrogen-bond donors (Lipinski definition) is 0. The molecule has 0 aliphatic heterocycles. The van der Waals surface area contributed by atoms with Gasteiger partial charge < -0.3 is 4.90 Å². The second-order valence-electron chi connectivity index (χ2n) is 20.0. The molecule has 56 heavy (non-hydrogen) atoms. The smallest absolute Gasteiger partial charge is 0.0543 e. The van der Waals surface area contributed by atoms with Gasteiger partial charge in [0.05, 0.1) is 5.69 Å². The van der Waals surface area contributed by atoms with Crippen LogP contribution in [0.2, 0.25) is 0 Å². The summed E-state index contributed by atoms with van der Waals surface area (Å²) in [5.74, 6) is 4.25. The monoisotopic (exact) mass is 735 g/mol. The van der Waals surface area contributed by atoms with Crippen LogP contribution in [0.15, 0.2) is 109 Å². The van der Waals surface area contributed by atoms with Crippen LogP contribution in [0.4, 0.5) is 17.1 Å². The molecule has 0 N–H and O–H groups in total. The summed E-state index contributed by atoms with van der Waals surface area (Å²) < 4.78 is 0. The van der Waals surface area contributed by atoms with Crippen molar-refractivity contribution < 1.29 is 0 Å². The van der Waals surface area contributed by atoms with Gasteiger partial charge in [0.2, 0.25) is 0 Å². The van der Waals surface area contributed by atoms with E-state index in [4.69, 9.17) is 0 Å². The van der Waals surface area contributed by atoms with Crippen molar-refractivity contribution in [1.82, 2.24) is 0 Å². The van der Waals surface area contributed by atoms with E-state index < -0.39 is 0 Å². The Morgan fingerprint density at radius 3 is 1.57 bits per heavy atom. The van der Waals surface area contributed by atoms with Crippen LogP contribution < -0.4 is 4.90 Å². The standard InChI is InChI=1S/C55H61N/c1-54(2)51-16-10-9-15-48(51)50-32-49(44-19-17-42(18-20-44)40-11-5-3-6-12-40)53(33-52(50)54)56(46-25-21-43(22-26-46)41-13-7-4-8-14-41)47-27-23-45(24-28-47)55-34-37-29-38(35-55)31-39(30-37)36-55/h9-10,15-28,32-33,37-41H,3-8,11-14,29-31,34-36H2,1-2H3. The zero-order valence-electron chi connectivity index (χ0n) is 34.0. The van der Waals surface area contributed by atoms with E-state index in [2.05, 4.69) is 128 Å². The van der Waals surface area contributed by atoms with Crippen molar-refractivity contribution in [1.29, 1.82) is 0 Å². The highest BCUT2D eigenvalue weighted by Gasteiger charge is 2.51. The van der Waals surface area contributed by atoms with E-state index in [0.717, 1.165) is 17.8 Å². The van der Waals surface area contributed by atoms with Crippen molar-refractivity contribution in [3.8, 4) is 22.3 Å². The van der Waals surface area contributed by atoms with Gasteiger partial charge in [-0.3, -0.25) is 0 Å². The Labute approximate surface area is 337 Å². The number of fused-ring (bicyclic) bond motifs is 3. The van der Waals surface area contributed by atoms with Crippen molar-refractivity contribution in [3.63, 3.8) is 0 Å². The minimum Gasteiger partial charge on any atom is -0.310 e. The van der Waals surface area contributed by atoms with Crippen LogP contribution >= 0.6 is 0 Å². The molecule has 6 saturated carbocycles. The summed E-state index contributed by atoms with van der Waals surface area (Å²) in [6, 6.07) is 44.0. The van der Waals surface area contributed by atoms with Crippen molar-refractivity contribution in [3.05, 3.63) is 137 Å². The zero-order valence-corrected chi connectivity index (χ0v) is 34.0. The van der Waals surface area contributed by atoms with Gasteiger partial charge >= 0.3 is 0 Å². The van der Waals surface area contributed by atoms with Gasteiger partial charge in [-0.15, -0.1) is 0 Å². The molecule has 0 unspecified atom stereocenters. The Morgan fingerprint density at radius 2 is 1.00 bits per heavy atom. The average molecular weight is 736 g/mol. The van der Waals surface area contributed by atoms with E-state index in [1.165, 1.54) is 164 Å². The van der Waals surface area contributed by atoms with Gasteiger partial charge in [0.1, 0.15) is 0 Å². The third kappa shape index (κ3) is 5.93. The highest BCUT2D eigenvalue weighted by Crippen LogP contribution is 2.61. The normalized spacial score (nSPS) is 26.6. The van der Waals surface area contributed by atoms with Crippen LogP contribution in [-0.2, 0) is 10.8 Å². The van der Waals surface area contributed by atoms with E-state index in [1.54, 1.807) is 5.56 Å². The van der Waals surface area contributed by atoms with E-state index >= 15 is 0 Å². The van der Waals surface area contributed by atoms with Crippen LogP contribution in [0.5, 0.6) is 0 Å². The first-order valence-corrected chi connectivity index (χ1v) is 22.8. The lowest BCUT2D eigenvalue weighted by Crippen LogP contribution is -2.48. The molecule has 1 heteroatoms. The molecule has 5 aromatic rings. The van der Waals surface area contributed by atoms with Crippen LogP contribution in [0.3, 0.4) is 0 Å². The van der Waals surface area contributed by atoms with Gasteiger partial charge in [-0.2, -0.15) is 0 Å². The molecule has 0 radical (unpaired) electrons. The first kappa shape index (κ1) is 35.1. The van der Waals surface area contributed by atoms with Gasteiger partial charge in [0.15, 0.2) is 0 Å². The number of rotatable bonds is 7. The van der Waals surface area contributed by atoms with Gasteiger partial charge in [-0.1, -0.05) is 125 Å². The predicted molar refractivity (Wildman–Crippen MR) is 236 cm³/mol. The Balaban J connectivity index is 1.06. The van der Waals surface area contributed by atoms with Crippen LogP contribution in [0.1, 0.15) is 156 Å². The summed E-state index contributed by atoms with van der Waals surface area (Å²) in [6.45, 7) is 4.87. The van der Waals surface area contributed by atoms with Crippen LogP contribution in [-0.4, -0.2) is 0 Å². The number of anilines is 3. The molecule has 1 nitrogen and oxygen atoms in total. The molecule has 0 atom stereocenters. The Bertz CT molecular complexity index is 2170. The third-order valence-electron chi connectivity index (χ3n) is 16.2. The van der Waals surface area contributed by atoms with Crippen molar-refractivity contribution in [2.24, 2.45) is 17.8 Å². The maximum atomic E-state index is 2.62. The van der Waals surface area contributed by atoms with Gasteiger partial charge in [-0.25, -0.2) is 0 Å². The van der Waals surface area contributed by atoms with Crippen LogP contribution in [0, 0.1) is 17.8 Å². The fourth-order valence-electron chi connectivity index (χ4n) is 13.7. The summed E-state index contributed by atoms with van der Waals surface area (Å²) >= 11 is 0. The topological polar surface area (TPSA) is 3.24 Å². The molecule has 0 heterocycles. The Hall–Kier alpha value is -4.10. The average Bonchev–Trinajstić information content (AvgIpc) is 3.46. The fraction of sp³-hybridized carbons (Fsp3) is 0.455. The lowest BCUT2D eigenvalue weighted by atomic mass is 9.48. The predicted octanol–water partition coefficient (Wildman–Crippen LogP) is 15.7. The molecule has 0 spiro atoms. The molecule has 0 amide bonds. The Morgan fingerprint density at radius 1 is 0.482 bits per heavy atom. The van der Waals surface area contributed by atoms with Crippen molar-refractivity contribution in [2.75, 3.05) is 4.90 Å². The van der Waals surface area contributed by atoms with Crippen LogP contribution in [0.25, 0.3) is 22.3 Å². The van der Waals surface area contributed by atoms with Gasteiger partial charge in [0.25, 0.3) is 0 Å². The zero-order chi connectivity index (χ0) is 37.4. The first-order valence-electron chi connectivity index (χ1n) is 22.8. The van der Waals surface area contributed by atoms with Crippen molar-refractivity contribution in [2.45, 2.75) is 139 Å². The summed E-state index contributed by atoms with van der Waals surface area (Å²) in [7, 11) is 0. The molecule has 4 bridgehead atoms. The summed E-state index contributed by atoms with van der Waals surface area (Å²) in [5, 5.41) is 0. The highest BCUT2D eigenvalue weighted by atomic mass is 15.1. The second-order valence-corrected chi connectivity index (χ2v) is 20.0. The molecule has 6 fully saturated rings. The molecular weight excluding hydrogens is 675 g/mol. The number of nitrogens with zero attached hydrogens (tertiary/aromatic N) is 1. The molecule has 7 aliphatic rings. The van der Waals surface area contributed by atoms with Gasteiger partial charge in [0, 0.05) is 22.4 Å². The Kier molecular flexibility index (Phi) is 8.64. The first-order chi connectivity index (χ1) is 27.4. The van der Waals surface area contributed by atoms with E-state index in [9.17, 15) is 0 Å². The lowest BCUT2D eigenvalue weighted by molar-refractivity contribution is -0.00518. The highest BCUT2D eigenvalue weighted by molar-refractivity contribution is 5.94. The molecule has 0 aromatic heterocycles. The fourth-order valence-corrected chi connectivity index (χ4v) is 13.7. The molecule has 7 aliphatic carbocycles. The molecule has 0 saturated heterocycles. The molecular formula is C55H61N. The largest absolute Gasteiger partial charge is 0.310 e. The molecule has 5 aromatic carbocycles. The van der Waals surface area contributed by atoms with Crippen molar-refractivity contribution >= 4 is 17.1 Å². The minimum atomic E-state index is -0.0804. The minimum absolute atomic E-state index is 0.0804. The van der Waals surface area contributed by atoms with E-state index in [1.807, 2.05) is 0 Å². The van der Waals surface area contributed by atoms with E-state index in [0.29, 0.717) is 17.3 Å². The number of hydrogen-bond acceptors (Lipinski definition) is 1. The SMILES string of the molecule is CC1(C)c2ccccc2-c2cc(-c3ccc(C4CCCCC4)cc3)c(N(c3ccc(C4CCCCC4)cc3)c3ccc(C45CC6CC(CC(C6)C4)C5)cc3)cc21. The van der Waals surface area contributed by atoms with Gasteiger partial charge in [-0.05, 0) is 180 Å². The maximum absolute atomic E-state index is 2.62. The maximum Gasteiger partial charge on any atom is 0.0543 e. The molecule has 12 rings (SSSR count). The third-order valence-corrected chi connectivity index (χ3v) is 16.2. The van der Waals surface area contributed by atoms with E-state index in [-0.39, 0.29) is 5.41 Å². The summed E-state index contributed by atoms with van der Waals surface area (Å²) in [6.07, 6.45) is 22.3. The summed E-state index contributed by atoms with van der Waals surface area (Å²) in [5.41, 5.74) is 17.1. The molecule has 286 valence electrons. The quantitative estimate of drug-likeness (QED) is 0.161. The second kappa shape index (κ2) is 13.8. The number of benzene rings is 5. The lowest BCUT2D eigenvalue weighted by Gasteiger charge is -2.57. The summed E-state index contributed by atoms with van der Waals surface area (Å²) in [4.78, 5) is 2.62.